The van der Waals surface area contributed by atoms with Gasteiger partial charge in [-0.05, 0) is 12.5 Å². The summed E-state index contributed by atoms with van der Waals surface area (Å²) in [5, 5.41) is 29.7. The third-order valence-electron chi connectivity index (χ3n) is 4.19. The van der Waals surface area contributed by atoms with E-state index in [1.165, 1.54) is 4.90 Å². The van der Waals surface area contributed by atoms with Crippen LogP contribution < -0.4 is 0 Å². The number of rotatable bonds is 1. The van der Waals surface area contributed by atoms with Crippen LogP contribution in [0.3, 0.4) is 0 Å². The molecule has 0 radical (unpaired) electrons. The molecule has 20 heavy (non-hydrogen) atoms. The second-order valence-electron chi connectivity index (χ2n) is 5.38. The zero-order chi connectivity index (χ0) is 14.5. The van der Waals surface area contributed by atoms with E-state index in [-0.39, 0.29) is 12.6 Å². The number of hydrogen-bond acceptors (Lipinski definition) is 5. The molecule has 6 nitrogen and oxygen atoms in total. The number of hydrogen-bond donors (Lipinski definition) is 3. The molecule has 2 saturated heterocycles. The number of aliphatic hydroxyl groups excluding tert-OH is 3. The lowest BCUT2D eigenvalue weighted by Gasteiger charge is -2.47. The van der Waals surface area contributed by atoms with Gasteiger partial charge in [0.05, 0.1) is 12.6 Å². The van der Waals surface area contributed by atoms with Gasteiger partial charge in [-0.2, -0.15) is 0 Å². The fourth-order valence-corrected chi connectivity index (χ4v) is 3.00. The first-order chi connectivity index (χ1) is 9.47. The van der Waals surface area contributed by atoms with E-state index in [0.29, 0.717) is 0 Å². The Hall–Kier alpha value is -1.47. The quantitative estimate of drug-likeness (QED) is 0.638. The summed E-state index contributed by atoms with van der Waals surface area (Å²) in [5.74, 6) is -0.628. The van der Waals surface area contributed by atoms with Gasteiger partial charge in [0.25, 0.3) is 5.91 Å². The number of fused-ring (bicyclic) bond motifs is 1. The molecule has 1 aromatic carbocycles. The molecule has 6 heteroatoms. The number of amides is 1. The molecular weight excluding hydrogens is 262 g/mol. The second-order valence-corrected chi connectivity index (χ2v) is 5.38. The highest BCUT2D eigenvalue weighted by molar-refractivity contribution is 5.84. The molecule has 1 amide bonds. The van der Waals surface area contributed by atoms with Gasteiger partial charge in [-0.3, -0.25) is 4.79 Å². The zero-order valence-corrected chi connectivity index (χ0v) is 11.0. The third-order valence-corrected chi connectivity index (χ3v) is 4.19. The minimum atomic E-state index is -1.63. The van der Waals surface area contributed by atoms with E-state index in [2.05, 4.69) is 0 Å². The average molecular weight is 279 g/mol. The fourth-order valence-electron chi connectivity index (χ4n) is 3.00. The van der Waals surface area contributed by atoms with E-state index in [9.17, 15) is 20.1 Å². The molecule has 0 unspecified atom stereocenters. The fraction of sp³-hybridized carbons (Fsp3) is 0.500. The summed E-state index contributed by atoms with van der Waals surface area (Å²) in [7, 11) is 0. The molecule has 2 aliphatic heterocycles. The van der Waals surface area contributed by atoms with Crippen molar-refractivity contribution in [3.63, 3.8) is 0 Å². The Labute approximate surface area is 116 Å². The highest BCUT2D eigenvalue weighted by Crippen LogP contribution is 2.43. The van der Waals surface area contributed by atoms with E-state index in [1.807, 2.05) is 30.3 Å². The summed E-state index contributed by atoms with van der Waals surface area (Å²) in [6.07, 6.45) is -4.53. The first-order valence-corrected chi connectivity index (χ1v) is 6.53. The molecule has 108 valence electrons. The van der Waals surface area contributed by atoms with Gasteiger partial charge in [0.2, 0.25) is 0 Å². The molecule has 2 aliphatic rings. The number of carbonyl (C=O) groups is 1. The molecule has 3 rings (SSSR count). The van der Waals surface area contributed by atoms with E-state index in [4.69, 9.17) is 4.74 Å². The molecule has 1 aromatic rings. The van der Waals surface area contributed by atoms with Crippen LogP contribution in [0.1, 0.15) is 18.5 Å². The van der Waals surface area contributed by atoms with Gasteiger partial charge < -0.3 is 25.0 Å². The van der Waals surface area contributed by atoms with Crippen molar-refractivity contribution in [1.82, 2.24) is 4.90 Å². The molecule has 0 saturated carbocycles. The van der Waals surface area contributed by atoms with Crippen LogP contribution in [0.2, 0.25) is 0 Å². The van der Waals surface area contributed by atoms with Crippen molar-refractivity contribution in [1.29, 1.82) is 0 Å². The van der Waals surface area contributed by atoms with Crippen LogP contribution in [-0.2, 0) is 9.53 Å². The van der Waals surface area contributed by atoms with Gasteiger partial charge >= 0.3 is 0 Å². The number of nitrogens with zero attached hydrogens (tertiary/aromatic N) is 1. The lowest BCUT2D eigenvalue weighted by molar-refractivity contribution is -0.230. The average Bonchev–Trinajstić information content (AvgIpc) is 2.83. The van der Waals surface area contributed by atoms with Gasteiger partial charge in [-0.25, -0.2) is 0 Å². The summed E-state index contributed by atoms with van der Waals surface area (Å²) in [6.45, 7) is 1.76. The zero-order valence-electron chi connectivity index (χ0n) is 11.0. The van der Waals surface area contributed by atoms with Crippen LogP contribution in [0.15, 0.2) is 30.3 Å². The largest absolute Gasteiger partial charge is 0.387 e. The topological polar surface area (TPSA) is 90.2 Å². The lowest BCUT2D eigenvalue weighted by atomic mass is 9.90. The van der Waals surface area contributed by atoms with Crippen LogP contribution in [0.4, 0.5) is 0 Å². The molecule has 5 atom stereocenters. The van der Waals surface area contributed by atoms with Crippen LogP contribution in [0, 0.1) is 0 Å². The minimum Gasteiger partial charge on any atom is -0.387 e. The Kier molecular flexibility index (Phi) is 3.06. The predicted molar refractivity (Wildman–Crippen MR) is 68.4 cm³/mol. The molecule has 3 N–H and O–H groups in total. The molecule has 2 heterocycles. The van der Waals surface area contributed by atoms with E-state index in [0.717, 1.165) is 5.56 Å². The maximum absolute atomic E-state index is 12.3. The van der Waals surface area contributed by atoms with Crippen molar-refractivity contribution >= 4 is 5.91 Å². The van der Waals surface area contributed by atoms with Crippen molar-refractivity contribution in [2.45, 2.75) is 37.0 Å². The molecule has 0 bridgehead atoms. The third kappa shape index (κ3) is 1.69. The summed E-state index contributed by atoms with van der Waals surface area (Å²) < 4.78 is 5.60. The predicted octanol–water partition coefficient (Wildman–Crippen LogP) is -0.601. The summed E-state index contributed by atoms with van der Waals surface area (Å²) in [6, 6.07) is 8.89. The Morgan fingerprint density at radius 2 is 1.90 bits per heavy atom. The molecule has 0 aromatic heterocycles. The SMILES string of the molecule is C[C@]12OC[C@H](c3ccccc3)N1C(=O)[C@H](O)[C@H](O)[C@H]2O. The summed E-state index contributed by atoms with van der Waals surface area (Å²) in [5.41, 5.74) is -0.462. The summed E-state index contributed by atoms with van der Waals surface area (Å²) in [4.78, 5) is 13.6. The van der Waals surface area contributed by atoms with E-state index >= 15 is 0 Å². The van der Waals surface area contributed by atoms with Gasteiger partial charge in [0.15, 0.2) is 11.8 Å². The highest BCUT2D eigenvalue weighted by atomic mass is 16.6. The normalized spacial score (nSPS) is 40.8. The molecule has 0 aliphatic carbocycles. The van der Waals surface area contributed by atoms with Gasteiger partial charge in [-0.15, -0.1) is 0 Å². The van der Waals surface area contributed by atoms with Gasteiger partial charge in [0.1, 0.15) is 12.2 Å². The highest BCUT2D eigenvalue weighted by Gasteiger charge is 2.60. The van der Waals surface area contributed by atoms with Crippen molar-refractivity contribution in [2.24, 2.45) is 0 Å². The number of ether oxygens (including phenoxy) is 1. The minimum absolute atomic E-state index is 0.211. The Morgan fingerprint density at radius 3 is 2.55 bits per heavy atom. The second kappa shape index (κ2) is 4.53. The van der Waals surface area contributed by atoms with E-state index in [1.54, 1.807) is 6.92 Å². The maximum Gasteiger partial charge on any atom is 0.257 e. The first kappa shape index (κ1) is 13.5. The first-order valence-electron chi connectivity index (χ1n) is 6.53. The van der Waals surface area contributed by atoms with Gasteiger partial charge in [0, 0.05) is 0 Å². The molecule has 0 spiro atoms. The van der Waals surface area contributed by atoms with Crippen LogP contribution in [0.5, 0.6) is 0 Å². The number of piperidine rings is 1. The summed E-state index contributed by atoms with van der Waals surface area (Å²) >= 11 is 0. The monoisotopic (exact) mass is 279 g/mol. The van der Waals surface area contributed by atoms with Crippen LogP contribution in [-0.4, -0.2) is 56.8 Å². The molecular formula is C14H17NO5. The standard InChI is InChI=1S/C14H17NO5/c1-14-12(18)10(16)11(17)13(19)15(14)9(7-20-14)8-5-3-2-4-6-8/h2-6,9-12,16-18H,7H2,1H3/t9-,10+,11-,12-,14-/m1/s1. The van der Waals surface area contributed by atoms with Crippen molar-refractivity contribution < 1.29 is 24.9 Å². The Bertz CT molecular complexity index is 522. The Morgan fingerprint density at radius 1 is 1.25 bits per heavy atom. The number of benzene rings is 1. The smallest absolute Gasteiger partial charge is 0.257 e. The lowest BCUT2D eigenvalue weighted by Crippen LogP contribution is -2.68. The maximum atomic E-state index is 12.3. The van der Waals surface area contributed by atoms with E-state index < -0.39 is 29.9 Å². The van der Waals surface area contributed by atoms with Crippen molar-refractivity contribution in [2.75, 3.05) is 6.61 Å². The Balaban J connectivity index is 2.01. The van der Waals surface area contributed by atoms with Crippen LogP contribution in [0.25, 0.3) is 0 Å². The molecule has 2 fully saturated rings. The van der Waals surface area contributed by atoms with Crippen molar-refractivity contribution in [3.05, 3.63) is 35.9 Å². The van der Waals surface area contributed by atoms with Crippen LogP contribution >= 0.6 is 0 Å². The van der Waals surface area contributed by atoms with Crippen molar-refractivity contribution in [3.8, 4) is 0 Å². The number of carbonyl (C=O) groups excluding carboxylic acids is 1. The van der Waals surface area contributed by atoms with Gasteiger partial charge in [-0.1, -0.05) is 30.3 Å². The number of aliphatic hydroxyl groups is 3.